The van der Waals surface area contributed by atoms with Crippen LogP contribution >= 0.6 is 11.6 Å². The molecule has 2 N–H and O–H groups in total. The molecule has 0 bridgehead atoms. The number of H-pyrrole nitrogens is 1. The maximum atomic E-state index is 13.5. The van der Waals surface area contributed by atoms with Crippen molar-refractivity contribution < 1.29 is 9.59 Å². The van der Waals surface area contributed by atoms with E-state index in [1.165, 1.54) is 19.3 Å². The number of hydrogen-bond donors (Lipinski definition) is 2. The Kier molecular flexibility index (Phi) is 5.82. The fourth-order valence-electron chi connectivity index (χ4n) is 5.11. The summed E-state index contributed by atoms with van der Waals surface area (Å²) in [6, 6.07) is 5.39. The quantitative estimate of drug-likeness (QED) is 0.678. The van der Waals surface area contributed by atoms with Crippen molar-refractivity contribution in [2.45, 2.75) is 39.0 Å². The molecule has 1 aromatic carbocycles. The van der Waals surface area contributed by atoms with Gasteiger partial charge in [-0.3, -0.25) is 9.59 Å². The molecule has 0 aliphatic carbocycles. The van der Waals surface area contributed by atoms with Gasteiger partial charge in [0, 0.05) is 47.3 Å². The smallest absolute Gasteiger partial charge is 0.256 e. The van der Waals surface area contributed by atoms with E-state index in [1.54, 1.807) is 12.1 Å². The van der Waals surface area contributed by atoms with E-state index in [-0.39, 0.29) is 11.8 Å². The Hall–Kier alpha value is -2.57. The predicted octanol–water partition coefficient (Wildman–Crippen LogP) is 4.34. The van der Waals surface area contributed by atoms with E-state index in [0.29, 0.717) is 10.6 Å². The van der Waals surface area contributed by atoms with Gasteiger partial charge in [-0.05, 0) is 75.5 Å². The van der Waals surface area contributed by atoms with Crippen molar-refractivity contribution in [1.82, 2.24) is 14.8 Å². The SMILES string of the molecule is Cc1c(C=C2C(=O)Nc3ccc(Cl)cc32)[nH]c2c1C(=O)N(CCN1CCCCC1)CCC2. The molecular weight excluding hydrogens is 424 g/mol. The first kappa shape index (κ1) is 21.3. The maximum absolute atomic E-state index is 13.5. The monoisotopic (exact) mass is 452 g/mol. The highest BCUT2D eigenvalue weighted by Crippen LogP contribution is 2.36. The van der Waals surface area contributed by atoms with E-state index in [1.807, 2.05) is 24.0 Å². The number of nitrogens with one attached hydrogen (secondary N) is 2. The number of nitrogens with zero attached hydrogens (tertiary/aromatic N) is 2. The molecule has 7 heteroatoms. The Morgan fingerprint density at radius 2 is 1.88 bits per heavy atom. The zero-order chi connectivity index (χ0) is 22.2. The van der Waals surface area contributed by atoms with Crippen LogP contribution in [0.1, 0.15) is 58.6 Å². The molecule has 2 aromatic rings. The van der Waals surface area contributed by atoms with Crippen LogP contribution in [-0.2, 0) is 11.2 Å². The Balaban J connectivity index is 1.41. The highest BCUT2D eigenvalue weighted by atomic mass is 35.5. The first-order valence-corrected chi connectivity index (χ1v) is 11.9. The number of aryl methyl sites for hydroxylation is 1. The fraction of sp³-hybridized carbons (Fsp3) is 0.440. The molecule has 4 heterocycles. The third kappa shape index (κ3) is 3.97. The highest BCUT2D eigenvalue weighted by molar-refractivity contribution is 6.36. The Labute approximate surface area is 193 Å². The Morgan fingerprint density at radius 1 is 1.06 bits per heavy atom. The molecule has 1 fully saturated rings. The largest absolute Gasteiger partial charge is 0.358 e. The average molecular weight is 453 g/mol. The molecule has 168 valence electrons. The van der Waals surface area contributed by atoms with Crippen LogP contribution in [-0.4, -0.2) is 59.3 Å². The van der Waals surface area contributed by atoms with Gasteiger partial charge in [0.1, 0.15) is 0 Å². The van der Waals surface area contributed by atoms with Crippen molar-refractivity contribution in [3.05, 3.63) is 51.3 Å². The molecule has 0 unspecified atom stereocenters. The van der Waals surface area contributed by atoms with E-state index in [2.05, 4.69) is 15.2 Å². The van der Waals surface area contributed by atoms with E-state index in [9.17, 15) is 9.59 Å². The predicted molar refractivity (Wildman–Crippen MR) is 128 cm³/mol. The molecule has 6 nitrogen and oxygen atoms in total. The minimum Gasteiger partial charge on any atom is -0.358 e. The number of likely N-dealkylation sites (tertiary alicyclic amines) is 1. The van der Waals surface area contributed by atoms with Crippen molar-refractivity contribution in [2.24, 2.45) is 0 Å². The standard InChI is InChI=1S/C25H29ClN4O2/c1-16-22(15-19-18-14-17(26)7-8-20(18)28-24(19)31)27-21-6-5-11-30(25(32)23(16)21)13-12-29-9-3-2-4-10-29/h7-8,14-15,27H,2-6,9-13H2,1H3,(H,28,31). The number of carbonyl (C=O) groups excluding carboxylic acids is 2. The van der Waals surface area contributed by atoms with Crippen LogP contribution in [0.5, 0.6) is 0 Å². The summed E-state index contributed by atoms with van der Waals surface area (Å²) in [5.41, 5.74) is 5.60. The van der Waals surface area contributed by atoms with E-state index < -0.39 is 0 Å². The Bertz CT molecular complexity index is 1100. The number of anilines is 1. The van der Waals surface area contributed by atoms with Crippen LogP contribution < -0.4 is 5.32 Å². The molecule has 0 radical (unpaired) electrons. The van der Waals surface area contributed by atoms with E-state index >= 15 is 0 Å². The van der Waals surface area contributed by atoms with Crippen molar-refractivity contribution >= 4 is 40.8 Å². The van der Waals surface area contributed by atoms with Gasteiger partial charge in [-0.25, -0.2) is 0 Å². The number of hydrogen-bond acceptors (Lipinski definition) is 3. The molecule has 1 saturated heterocycles. The number of aromatic nitrogens is 1. The number of carbonyl (C=O) groups is 2. The van der Waals surface area contributed by atoms with E-state index in [0.717, 1.165) is 79.3 Å². The summed E-state index contributed by atoms with van der Waals surface area (Å²) >= 11 is 6.16. The highest BCUT2D eigenvalue weighted by Gasteiger charge is 2.29. The van der Waals surface area contributed by atoms with Crippen LogP contribution in [0.15, 0.2) is 18.2 Å². The number of rotatable bonds is 4. The average Bonchev–Trinajstić information content (AvgIpc) is 3.20. The lowest BCUT2D eigenvalue weighted by Crippen LogP contribution is -2.40. The summed E-state index contributed by atoms with van der Waals surface area (Å²) in [5, 5.41) is 3.48. The molecule has 0 atom stereocenters. The maximum Gasteiger partial charge on any atom is 0.256 e. The number of aromatic amines is 1. The van der Waals surface area contributed by atoms with Gasteiger partial charge in [-0.15, -0.1) is 0 Å². The van der Waals surface area contributed by atoms with Crippen molar-refractivity contribution in [3.63, 3.8) is 0 Å². The molecule has 0 spiro atoms. The second-order valence-corrected chi connectivity index (χ2v) is 9.45. The molecule has 5 rings (SSSR count). The summed E-state index contributed by atoms with van der Waals surface area (Å²) in [6.45, 7) is 6.76. The molecule has 1 aromatic heterocycles. The van der Waals surface area contributed by atoms with Gasteiger partial charge in [0.25, 0.3) is 11.8 Å². The third-order valence-electron chi connectivity index (χ3n) is 6.91. The number of halogens is 1. The normalized spacial score (nSPS) is 20.3. The minimum absolute atomic E-state index is 0.104. The fourth-order valence-corrected chi connectivity index (χ4v) is 5.29. The first-order chi connectivity index (χ1) is 15.5. The minimum atomic E-state index is -0.152. The number of piperidine rings is 1. The van der Waals surface area contributed by atoms with Crippen LogP contribution in [0.4, 0.5) is 5.69 Å². The molecular formula is C25H29ClN4O2. The van der Waals surface area contributed by atoms with Crippen LogP contribution in [0.2, 0.25) is 5.02 Å². The molecule has 32 heavy (non-hydrogen) atoms. The van der Waals surface area contributed by atoms with Gasteiger partial charge in [0.2, 0.25) is 0 Å². The number of benzene rings is 1. The van der Waals surface area contributed by atoms with Gasteiger partial charge < -0.3 is 20.1 Å². The van der Waals surface area contributed by atoms with Crippen LogP contribution in [0.25, 0.3) is 11.6 Å². The third-order valence-corrected chi connectivity index (χ3v) is 7.15. The summed E-state index contributed by atoms with van der Waals surface area (Å²) < 4.78 is 0. The Morgan fingerprint density at radius 3 is 2.69 bits per heavy atom. The lowest BCUT2D eigenvalue weighted by Gasteiger charge is -2.29. The zero-order valence-electron chi connectivity index (χ0n) is 18.5. The summed E-state index contributed by atoms with van der Waals surface area (Å²) in [6.07, 6.45) is 7.46. The molecule has 3 aliphatic heterocycles. The second-order valence-electron chi connectivity index (χ2n) is 9.02. The second kappa shape index (κ2) is 8.75. The number of amides is 2. The van der Waals surface area contributed by atoms with Gasteiger partial charge in [-0.2, -0.15) is 0 Å². The molecule has 2 amide bonds. The first-order valence-electron chi connectivity index (χ1n) is 11.6. The van der Waals surface area contributed by atoms with Crippen LogP contribution in [0.3, 0.4) is 0 Å². The summed E-state index contributed by atoms with van der Waals surface area (Å²) in [7, 11) is 0. The zero-order valence-corrected chi connectivity index (χ0v) is 19.2. The van der Waals surface area contributed by atoms with Crippen molar-refractivity contribution in [2.75, 3.05) is 38.0 Å². The van der Waals surface area contributed by atoms with Gasteiger partial charge in [0.15, 0.2) is 0 Å². The lowest BCUT2D eigenvalue weighted by atomic mass is 10.0. The lowest BCUT2D eigenvalue weighted by molar-refractivity contribution is -0.110. The van der Waals surface area contributed by atoms with E-state index in [4.69, 9.17) is 11.6 Å². The van der Waals surface area contributed by atoms with Gasteiger partial charge >= 0.3 is 0 Å². The summed E-state index contributed by atoms with van der Waals surface area (Å²) in [4.78, 5) is 34.0. The van der Waals surface area contributed by atoms with Crippen molar-refractivity contribution in [1.29, 1.82) is 0 Å². The topological polar surface area (TPSA) is 68.4 Å². The van der Waals surface area contributed by atoms with Crippen molar-refractivity contribution in [3.8, 4) is 0 Å². The molecule has 0 saturated carbocycles. The summed E-state index contributed by atoms with van der Waals surface area (Å²) in [5.74, 6) is -0.0480. The van der Waals surface area contributed by atoms with Gasteiger partial charge in [-0.1, -0.05) is 18.0 Å². The molecule has 3 aliphatic rings. The van der Waals surface area contributed by atoms with Gasteiger partial charge in [0.05, 0.1) is 11.1 Å². The number of fused-ring (bicyclic) bond motifs is 2. The van der Waals surface area contributed by atoms with Crippen LogP contribution in [0, 0.1) is 6.92 Å².